The number of hydrogen-bond acceptors (Lipinski definition) is 12. The summed E-state index contributed by atoms with van der Waals surface area (Å²) in [4.78, 5) is 68.2. The van der Waals surface area contributed by atoms with Gasteiger partial charge in [0.25, 0.3) is 0 Å². The van der Waals surface area contributed by atoms with Crippen molar-refractivity contribution in [3.8, 4) is 17.1 Å². The number of phenolic OH excluding ortho intramolecular Hbond substituents is 1. The van der Waals surface area contributed by atoms with Gasteiger partial charge in [-0.2, -0.15) is 0 Å². The average Bonchev–Trinajstić information content (AvgIpc) is 3.59. The van der Waals surface area contributed by atoms with Gasteiger partial charge < -0.3 is 30.2 Å². The molecule has 5 N–H and O–H groups in total. The number of rotatable bonds is 7. The number of amides is 1. The van der Waals surface area contributed by atoms with E-state index in [2.05, 4.69) is 10.5 Å². The van der Waals surface area contributed by atoms with Gasteiger partial charge in [0, 0.05) is 24.1 Å². The standard InChI is InChI=1S/C31H32N4O9/c1-13-8-15(34-44-13)11-33-12-16-4-7-21(43-16)17-5-6-20(36)23-18(17)9-14-10-19-25(35(2)3)27(38)24(30(32)41)29(40)31(19,42)28(39)22(14)26(23)37/h4-8,14,19,22,24-25,33,36,42H,9-12H2,1-3H3,(H2,32,41)/t14-,19-,22?,24?,25-,31-/m0/s1. The molecule has 3 aliphatic carbocycles. The first-order valence-corrected chi connectivity index (χ1v) is 14.3. The zero-order valence-electron chi connectivity index (χ0n) is 24.3. The molecule has 2 fully saturated rings. The van der Waals surface area contributed by atoms with Crippen LogP contribution in [0.1, 0.15) is 39.6 Å². The molecule has 0 spiro atoms. The zero-order chi connectivity index (χ0) is 31.7. The van der Waals surface area contributed by atoms with Crippen molar-refractivity contribution in [2.75, 3.05) is 14.1 Å². The summed E-state index contributed by atoms with van der Waals surface area (Å²) in [5.74, 6) is -9.14. The highest BCUT2D eigenvalue weighted by atomic mass is 16.5. The molecular formula is C31H32N4O9. The van der Waals surface area contributed by atoms with E-state index in [1.807, 2.05) is 6.07 Å². The number of aromatic hydroxyl groups is 1. The van der Waals surface area contributed by atoms with Gasteiger partial charge in [-0.3, -0.25) is 28.9 Å². The Morgan fingerprint density at radius 2 is 1.89 bits per heavy atom. The van der Waals surface area contributed by atoms with Gasteiger partial charge in [0.2, 0.25) is 5.91 Å². The number of nitrogens with two attached hydrogens (primary N) is 1. The van der Waals surface area contributed by atoms with E-state index in [0.29, 0.717) is 41.5 Å². The highest BCUT2D eigenvalue weighted by Crippen LogP contribution is 2.51. The number of aryl methyl sites for hydroxylation is 1. The number of hydrogen-bond donors (Lipinski definition) is 4. The minimum absolute atomic E-state index is 0.0339. The first-order chi connectivity index (χ1) is 20.8. The molecule has 0 bridgehead atoms. The van der Waals surface area contributed by atoms with Gasteiger partial charge in [-0.15, -0.1) is 0 Å². The second-order valence-electron chi connectivity index (χ2n) is 12.1. The summed E-state index contributed by atoms with van der Waals surface area (Å²) < 4.78 is 11.1. The van der Waals surface area contributed by atoms with Crippen molar-refractivity contribution in [2.45, 2.75) is 44.5 Å². The lowest BCUT2D eigenvalue weighted by Crippen LogP contribution is -2.74. The fourth-order valence-corrected chi connectivity index (χ4v) is 7.27. The number of nitrogens with one attached hydrogen (secondary N) is 1. The summed E-state index contributed by atoms with van der Waals surface area (Å²) >= 11 is 0. The molecule has 2 heterocycles. The van der Waals surface area contributed by atoms with Crippen LogP contribution in [0.5, 0.6) is 5.75 Å². The molecule has 2 saturated carbocycles. The third-order valence-corrected chi connectivity index (χ3v) is 9.15. The Morgan fingerprint density at radius 1 is 1.14 bits per heavy atom. The fraction of sp³-hybridized carbons (Fsp3) is 0.419. The molecule has 2 aromatic heterocycles. The van der Waals surface area contributed by atoms with Crippen molar-refractivity contribution >= 4 is 29.0 Å². The van der Waals surface area contributed by atoms with Crippen LogP contribution in [-0.4, -0.2) is 75.0 Å². The van der Waals surface area contributed by atoms with Gasteiger partial charge in [0.05, 0.1) is 29.8 Å². The summed E-state index contributed by atoms with van der Waals surface area (Å²) in [6, 6.07) is 7.14. The lowest BCUT2D eigenvalue weighted by atomic mass is 9.52. The monoisotopic (exact) mass is 604 g/mol. The number of likely N-dealkylation sites (N-methyl/N-ethyl adjacent to an activating group) is 1. The fourth-order valence-electron chi connectivity index (χ4n) is 7.27. The number of furan rings is 1. The van der Waals surface area contributed by atoms with E-state index in [1.165, 1.54) is 11.0 Å². The first kappa shape index (κ1) is 29.6. The minimum atomic E-state index is -2.77. The van der Waals surface area contributed by atoms with Crippen LogP contribution in [0.25, 0.3) is 11.3 Å². The van der Waals surface area contributed by atoms with Gasteiger partial charge in [0.1, 0.15) is 23.0 Å². The Hall–Kier alpha value is -4.46. The van der Waals surface area contributed by atoms with E-state index in [9.17, 15) is 34.2 Å². The molecule has 1 aromatic carbocycles. The summed E-state index contributed by atoms with van der Waals surface area (Å²) in [6.45, 7) is 2.64. The number of Topliss-reactive ketones (excluding diaryl/α,β-unsaturated/α-hetero) is 4. The molecule has 0 radical (unpaired) electrons. The molecule has 2 unspecified atom stereocenters. The number of ketones is 4. The molecule has 3 aliphatic rings. The smallest absolute Gasteiger partial charge is 0.235 e. The number of carbonyl (C=O) groups excluding carboxylic acids is 5. The number of nitrogens with zero attached hydrogens (tertiary/aromatic N) is 2. The van der Waals surface area contributed by atoms with E-state index in [-0.39, 0.29) is 24.2 Å². The zero-order valence-corrected chi connectivity index (χ0v) is 24.3. The SMILES string of the molecule is Cc1cc(CNCc2ccc(-c3ccc(O)c4c3C[C@H]3C[C@H]5[C@H](N(C)C)C(=O)C(C(N)=O)C(=O)[C@@]5(O)C(=O)C3C4=O)o2)no1. The normalized spacial score (nSPS) is 28.2. The number of phenols is 1. The molecule has 1 amide bonds. The second-order valence-corrected chi connectivity index (χ2v) is 12.1. The van der Waals surface area contributed by atoms with Crippen LogP contribution in [0.4, 0.5) is 0 Å². The molecule has 0 saturated heterocycles. The minimum Gasteiger partial charge on any atom is -0.507 e. The lowest BCUT2D eigenvalue weighted by Gasteiger charge is -2.52. The van der Waals surface area contributed by atoms with Crippen molar-refractivity contribution in [2.24, 2.45) is 29.4 Å². The molecular weight excluding hydrogens is 572 g/mol. The molecule has 6 atom stereocenters. The number of fused-ring (bicyclic) bond motifs is 3. The van der Waals surface area contributed by atoms with Crippen LogP contribution in [0.3, 0.4) is 0 Å². The van der Waals surface area contributed by atoms with Crippen LogP contribution >= 0.6 is 0 Å². The van der Waals surface area contributed by atoms with E-state index >= 15 is 0 Å². The largest absolute Gasteiger partial charge is 0.507 e. The second kappa shape index (κ2) is 10.6. The maximum absolute atomic E-state index is 14.0. The van der Waals surface area contributed by atoms with Crippen molar-refractivity contribution in [3.05, 3.63) is 58.7 Å². The average molecular weight is 605 g/mol. The maximum Gasteiger partial charge on any atom is 0.235 e. The molecule has 13 heteroatoms. The van der Waals surface area contributed by atoms with Crippen molar-refractivity contribution < 1.29 is 43.1 Å². The molecule has 3 aromatic rings. The Kier molecular flexibility index (Phi) is 7.14. The molecule has 13 nitrogen and oxygen atoms in total. The quantitative estimate of drug-likeness (QED) is 0.275. The van der Waals surface area contributed by atoms with Gasteiger partial charge in [-0.1, -0.05) is 5.16 Å². The summed E-state index contributed by atoms with van der Waals surface area (Å²) in [5.41, 5.74) is 4.26. The van der Waals surface area contributed by atoms with Crippen LogP contribution < -0.4 is 11.1 Å². The Balaban J connectivity index is 1.33. The number of carbonyl (C=O) groups is 5. The van der Waals surface area contributed by atoms with Crippen molar-refractivity contribution in [1.29, 1.82) is 0 Å². The number of aromatic nitrogens is 1. The van der Waals surface area contributed by atoms with Crippen molar-refractivity contribution in [1.82, 2.24) is 15.4 Å². The summed E-state index contributed by atoms with van der Waals surface area (Å²) in [6.07, 6.45) is 0.100. The van der Waals surface area contributed by atoms with E-state index in [0.717, 1.165) is 5.69 Å². The number of benzene rings is 1. The summed E-state index contributed by atoms with van der Waals surface area (Å²) in [7, 11) is 3.09. The number of aliphatic hydroxyl groups is 1. The van der Waals surface area contributed by atoms with Crippen LogP contribution in [0.15, 0.2) is 39.3 Å². The van der Waals surface area contributed by atoms with Gasteiger partial charge in [-0.05, 0) is 69.6 Å². The third kappa shape index (κ3) is 4.42. The first-order valence-electron chi connectivity index (χ1n) is 14.3. The van der Waals surface area contributed by atoms with Gasteiger partial charge in [-0.25, -0.2) is 0 Å². The van der Waals surface area contributed by atoms with Gasteiger partial charge in [0.15, 0.2) is 34.7 Å². The molecule has 0 aliphatic heterocycles. The van der Waals surface area contributed by atoms with E-state index in [4.69, 9.17) is 14.7 Å². The third-order valence-electron chi connectivity index (χ3n) is 9.15. The highest BCUT2D eigenvalue weighted by Gasteiger charge is 2.69. The molecule has 230 valence electrons. The van der Waals surface area contributed by atoms with Crippen LogP contribution in [-0.2, 0) is 38.7 Å². The highest BCUT2D eigenvalue weighted by molar-refractivity contribution is 6.32. The molecule has 6 rings (SSSR count). The predicted octanol–water partition coefficient (Wildman–Crippen LogP) is 0.713. The lowest BCUT2D eigenvalue weighted by molar-refractivity contribution is -0.181. The predicted molar refractivity (Wildman–Crippen MR) is 151 cm³/mol. The Labute approximate surface area is 251 Å². The van der Waals surface area contributed by atoms with E-state index in [1.54, 1.807) is 39.2 Å². The van der Waals surface area contributed by atoms with Gasteiger partial charge >= 0.3 is 0 Å². The summed E-state index contributed by atoms with van der Waals surface area (Å²) in [5, 5.41) is 29.7. The Bertz CT molecular complexity index is 1720. The Morgan fingerprint density at radius 3 is 2.55 bits per heavy atom. The van der Waals surface area contributed by atoms with Crippen LogP contribution in [0.2, 0.25) is 0 Å². The van der Waals surface area contributed by atoms with Crippen molar-refractivity contribution in [3.63, 3.8) is 0 Å². The van der Waals surface area contributed by atoms with E-state index < -0.39 is 64.4 Å². The topological polar surface area (TPSA) is 206 Å². The maximum atomic E-state index is 14.0. The molecule has 44 heavy (non-hydrogen) atoms. The number of primary amides is 1. The van der Waals surface area contributed by atoms with Crippen LogP contribution in [0, 0.1) is 30.6 Å².